The maximum absolute atomic E-state index is 12.0. The highest BCUT2D eigenvalue weighted by Crippen LogP contribution is 2.24. The Morgan fingerprint density at radius 3 is 3.10 bits per heavy atom. The molecule has 0 aromatic carbocycles. The molecule has 0 radical (unpaired) electrons. The van der Waals surface area contributed by atoms with Gasteiger partial charge < -0.3 is 10.1 Å². The standard InChI is InChI=1S/C15H23N3O2S/c19-14(17-12-3-1-2-4-12)5-7-18-8-9-20-13(11-18)15-16-6-10-21-15/h6,10,12-13H,1-5,7-9,11H2,(H,17,19)/t13-/m0/s1. The number of ether oxygens (including phenoxy) is 1. The first-order valence-corrected chi connectivity index (χ1v) is 8.72. The number of hydrogen-bond acceptors (Lipinski definition) is 5. The van der Waals surface area contributed by atoms with Crippen molar-refractivity contribution in [1.82, 2.24) is 15.2 Å². The lowest BCUT2D eigenvalue weighted by Gasteiger charge is -2.31. The van der Waals surface area contributed by atoms with Crippen molar-refractivity contribution < 1.29 is 9.53 Å². The van der Waals surface area contributed by atoms with Gasteiger partial charge in [-0.2, -0.15) is 0 Å². The number of nitrogens with zero attached hydrogens (tertiary/aromatic N) is 2. The molecule has 2 aliphatic rings. The van der Waals surface area contributed by atoms with Crippen molar-refractivity contribution in [2.75, 3.05) is 26.2 Å². The number of carbonyl (C=O) groups is 1. The molecule has 21 heavy (non-hydrogen) atoms. The molecule has 0 unspecified atom stereocenters. The van der Waals surface area contributed by atoms with E-state index in [0.717, 1.165) is 37.5 Å². The molecule has 2 heterocycles. The van der Waals surface area contributed by atoms with E-state index in [-0.39, 0.29) is 12.0 Å². The number of amides is 1. The predicted octanol–water partition coefficient (Wildman–Crippen LogP) is 1.97. The largest absolute Gasteiger partial charge is 0.368 e. The molecule has 1 saturated heterocycles. The zero-order chi connectivity index (χ0) is 14.5. The highest BCUT2D eigenvalue weighted by Gasteiger charge is 2.24. The summed E-state index contributed by atoms with van der Waals surface area (Å²) in [5.74, 6) is 0.194. The fourth-order valence-electron chi connectivity index (χ4n) is 3.08. The van der Waals surface area contributed by atoms with Crippen LogP contribution in [0, 0.1) is 0 Å². The van der Waals surface area contributed by atoms with Crippen molar-refractivity contribution in [3.63, 3.8) is 0 Å². The Morgan fingerprint density at radius 1 is 1.48 bits per heavy atom. The van der Waals surface area contributed by atoms with Gasteiger partial charge in [0.05, 0.1) is 6.61 Å². The summed E-state index contributed by atoms with van der Waals surface area (Å²) in [5.41, 5.74) is 0. The van der Waals surface area contributed by atoms with Gasteiger partial charge in [-0.1, -0.05) is 12.8 Å². The van der Waals surface area contributed by atoms with Crippen molar-refractivity contribution >= 4 is 17.2 Å². The first kappa shape index (κ1) is 14.9. The Hall–Kier alpha value is -0.980. The Kier molecular flexibility index (Phi) is 5.22. The Balaban J connectivity index is 1.41. The summed E-state index contributed by atoms with van der Waals surface area (Å²) in [5, 5.41) is 6.17. The van der Waals surface area contributed by atoms with Gasteiger partial charge in [0, 0.05) is 43.7 Å². The molecule has 1 aromatic rings. The molecule has 1 amide bonds. The SMILES string of the molecule is O=C(CCN1CCO[C@H](c2nccs2)C1)NC1CCCC1. The van der Waals surface area contributed by atoms with E-state index in [1.807, 2.05) is 11.6 Å². The molecule has 1 aliphatic carbocycles. The summed E-state index contributed by atoms with van der Waals surface area (Å²) < 4.78 is 5.77. The predicted molar refractivity (Wildman–Crippen MR) is 82.3 cm³/mol. The van der Waals surface area contributed by atoms with Gasteiger partial charge in [0.1, 0.15) is 11.1 Å². The summed E-state index contributed by atoms with van der Waals surface area (Å²) in [7, 11) is 0. The summed E-state index contributed by atoms with van der Waals surface area (Å²) in [6.45, 7) is 3.26. The van der Waals surface area contributed by atoms with E-state index >= 15 is 0 Å². The maximum Gasteiger partial charge on any atom is 0.221 e. The number of carbonyl (C=O) groups excluding carboxylic acids is 1. The minimum absolute atomic E-state index is 0.0663. The lowest BCUT2D eigenvalue weighted by molar-refractivity contribution is -0.122. The minimum atomic E-state index is 0.0663. The van der Waals surface area contributed by atoms with Crippen molar-refractivity contribution in [1.29, 1.82) is 0 Å². The number of thiazole rings is 1. The molecule has 5 nitrogen and oxygen atoms in total. The summed E-state index contributed by atoms with van der Waals surface area (Å²) in [6, 6.07) is 0.422. The molecular formula is C15H23N3O2S. The quantitative estimate of drug-likeness (QED) is 0.903. The average Bonchev–Trinajstić information content (AvgIpc) is 3.19. The monoisotopic (exact) mass is 309 g/mol. The molecule has 1 saturated carbocycles. The molecule has 0 bridgehead atoms. The van der Waals surface area contributed by atoms with Crippen LogP contribution in [-0.4, -0.2) is 48.1 Å². The average molecular weight is 309 g/mol. The molecule has 6 heteroatoms. The molecule has 1 aromatic heterocycles. The number of hydrogen-bond donors (Lipinski definition) is 1. The third kappa shape index (κ3) is 4.25. The molecule has 3 rings (SSSR count). The van der Waals surface area contributed by atoms with E-state index < -0.39 is 0 Å². The van der Waals surface area contributed by atoms with Gasteiger partial charge in [0.25, 0.3) is 0 Å². The summed E-state index contributed by atoms with van der Waals surface area (Å²) in [4.78, 5) is 18.6. The normalized spacial score (nSPS) is 24.3. The van der Waals surface area contributed by atoms with Crippen LogP contribution in [0.3, 0.4) is 0 Å². The third-order valence-corrected chi connectivity index (χ3v) is 5.12. The van der Waals surface area contributed by atoms with E-state index in [1.54, 1.807) is 11.3 Å². The highest BCUT2D eigenvalue weighted by molar-refractivity contribution is 7.09. The second-order valence-electron chi connectivity index (χ2n) is 5.83. The zero-order valence-electron chi connectivity index (χ0n) is 12.3. The van der Waals surface area contributed by atoms with Crippen LogP contribution < -0.4 is 5.32 Å². The number of rotatable bonds is 5. The Labute approximate surface area is 129 Å². The molecule has 1 atom stereocenters. The summed E-state index contributed by atoms with van der Waals surface area (Å²) in [6.07, 6.45) is 7.27. The summed E-state index contributed by atoms with van der Waals surface area (Å²) >= 11 is 1.64. The van der Waals surface area contributed by atoms with E-state index in [4.69, 9.17) is 4.74 Å². The molecule has 116 valence electrons. The van der Waals surface area contributed by atoms with Crippen LogP contribution in [-0.2, 0) is 9.53 Å². The number of morpholine rings is 1. The van der Waals surface area contributed by atoms with Crippen LogP contribution in [0.2, 0.25) is 0 Å². The van der Waals surface area contributed by atoms with Crippen LogP contribution in [0.25, 0.3) is 0 Å². The third-order valence-electron chi connectivity index (χ3n) is 4.25. The second-order valence-corrected chi connectivity index (χ2v) is 6.76. The van der Waals surface area contributed by atoms with Crippen molar-refractivity contribution in [2.45, 2.75) is 44.2 Å². The van der Waals surface area contributed by atoms with Gasteiger partial charge in [0.15, 0.2) is 0 Å². The topological polar surface area (TPSA) is 54.5 Å². The van der Waals surface area contributed by atoms with Crippen LogP contribution in [0.5, 0.6) is 0 Å². The van der Waals surface area contributed by atoms with E-state index in [1.165, 1.54) is 12.8 Å². The highest BCUT2D eigenvalue weighted by atomic mass is 32.1. The van der Waals surface area contributed by atoms with Crippen molar-refractivity contribution in [2.24, 2.45) is 0 Å². The van der Waals surface area contributed by atoms with Crippen LogP contribution >= 0.6 is 11.3 Å². The van der Waals surface area contributed by atoms with Gasteiger partial charge in [-0.15, -0.1) is 11.3 Å². The molecule has 2 fully saturated rings. The van der Waals surface area contributed by atoms with Crippen LogP contribution in [0.4, 0.5) is 0 Å². The molecule has 1 aliphatic heterocycles. The second kappa shape index (κ2) is 7.33. The molecular weight excluding hydrogens is 286 g/mol. The lowest BCUT2D eigenvalue weighted by Crippen LogP contribution is -2.41. The van der Waals surface area contributed by atoms with E-state index in [0.29, 0.717) is 19.1 Å². The van der Waals surface area contributed by atoms with Gasteiger partial charge in [-0.25, -0.2) is 4.98 Å². The Bertz CT molecular complexity index is 446. The molecule has 1 N–H and O–H groups in total. The van der Waals surface area contributed by atoms with E-state index in [9.17, 15) is 4.79 Å². The molecule has 0 spiro atoms. The van der Waals surface area contributed by atoms with Gasteiger partial charge in [0.2, 0.25) is 5.91 Å². The maximum atomic E-state index is 12.0. The number of aromatic nitrogens is 1. The first-order chi connectivity index (χ1) is 10.3. The van der Waals surface area contributed by atoms with Gasteiger partial charge in [-0.3, -0.25) is 9.69 Å². The van der Waals surface area contributed by atoms with Crippen molar-refractivity contribution in [3.8, 4) is 0 Å². The van der Waals surface area contributed by atoms with E-state index in [2.05, 4.69) is 15.2 Å². The minimum Gasteiger partial charge on any atom is -0.368 e. The Morgan fingerprint density at radius 2 is 2.33 bits per heavy atom. The van der Waals surface area contributed by atoms with Gasteiger partial charge in [-0.05, 0) is 12.8 Å². The lowest BCUT2D eigenvalue weighted by atomic mass is 10.2. The number of nitrogens with one attached hydrogen (secondary N) is 1. The smallest absolute Gasteiger partial charge is 0.221 e. The van der Waals surface area contributed by atoms with Crippen molar-refractivity contribution in [3.05, 3.63) is 16.6 Å². The fourth-order valence-corrected chi connectivity index (χ4v) is 3.76. The first-order valence-electron chi connectivity index (χ1n) is 7.84. The van der Waals surface area contributed by atoms with Crippen LogP contribution in [0.1, 0.15) is 43.2 Å². The fraction of sp³-hybridized carbons (Fsp3) is 0.733. The van der Waals surface area contributed by atoms with Crippen LogP contribution in [0.15, 0.2) is 11.6 Å². The zero-order valence-corrected chi connectivity index (χ0v) is 13.1. The van der Waals surface area contributed by atoms with Gasteiger partial charge >= 0.3 is 0 Å².